The molecule has 0 spiro atoms. The van der Waals surface area contributed by atoms with Crippen LogP contribution in [0.5, 0.6) is 5.75 Å². The molecule has 1 amide bonds. The fraction of sp³-hybridized carbons (Fsp3) is 0.607. The molecule has 1 heterocycles. The monoisotopic (exact) mass is 502 g/mol. The summed E-state index contributed by atoms with van der Waals surface area (Å²) in [5.41, 5.74) is 0.129. The molecule has 200 valence electrons. The van der Waals surface area contributed by atoms with Gasteiger partial charge in [0.25, 0.3) is 5.91 Å². The minimum atomic E-state index is -1.01. The van der Waals surface area contributed by atoms with E-state index in [2.05, 4.69) is 6.92 Å². The number of morpholine rings is 1. The van der Waals surface area contributed by atoms with Crippen LogP contribution >= 0.6 is 0 Å². The Labute approximate surface area is 215 Å². The van der Waals surface area contributed by atoms with Gasteiger partial charge >= 0.3 is 0 Å². The zero-order chi connectivity index (χ0) is 26.1. The summed E-state index contributed by atoms with van der Waals surface area (Å²) in [7, 11) is 1.67. The molecule has 1 aliphatic rings. The highest BCUT2D eigenvalue weighted by Gasteiger charge is 2.30. The van der Waals surface area contributed by atoms with Crippen molar-refractivity contribution in [2.24, 2.45) is 0 Å². The van der Waals surface area contributed by atoms with E-state index in [9.17, 15) is 9.90 Å². The van der Waals surface area contributed by atoms with Crippen LogP contribution in [0.3, 0.4) is 0 Å². The number of carbonyl (C=O) groups excluding carboxylic acids is 1. The van der Waals surface area contributed by atoms with Gasteiger partial charge in [-0.05, 0) is 44.7 Å². The molecule has 1 aliphatic heterocycles. The average molecular weight is 503 g/mol. The van der Waals surface area contributed by atoms with Crippen LogP contribution in [-0.2, 0) is 14.2 Å². The first-order chi connectivity index (χ1) is 17.2. The molecule has 1 fully saturated rings. The zero-order valence-corrected chi connectivity index (χ0v) is 22.4. The third-order valence-corrected chi connectivity index (χ3v) is 5.97. The summed E-state index contributed by atoms with van der Waals surface area (Å²) in [6, 6.07) is 11.7. The van der Waals surface area contributed by atoms with Gasteiger partial charge in [0.2, 0.25) is 6.41 Å². The SMILES string of the molecule is CCCN(CC1CN(C(O)OC(C)(C)C)CCO1)C(=O)c1cc(OCCCOC)c2ccccc2c1. The van der Waals surface area contributed by atoms with Crippen molar-refractivity contribution in [3.8, 4) is 5.75 Å². The number of hydrogen-bond acceptors (Lipinski definition) is 7. The van der Waals surface area contributed by atoms with Gasteiger partial charge in [-0.3, -0.25) is 9.69 Å². The van der Waals surface area contributed by atoms with Gasteiger partial charge in [0, 0.05) is 57.3 Å². The van der Waals surface area contributed by atoms with E-state index in [0.29, 0.717) is 57.3 Å². The highest BCUT2D eigenvalue weighted by atomic mass is 16.6. The van der Waals surface area contributed by atoms with Crippen molar-refractivity contribution in [2.75, 3.05) is 53.1 Å². The average Bonchev–Trinajstić information content (AvgIpc) is 2.85. The number of ether oxygens (including phenoxy) is 4. The maximum Gasteiger partial charge on any atom is 0.254 e. The van der Waals surface area contributed by atoms with E-state index >= 15 is 0 Å². The molecule has 2 aromatic rings. The standard InChI is InChI=1S/C28H42N2O6/c1-6-12-29(19-23-20-30(13-16-34-23)27(32)36-28(2,3)4)26(31)22-17-21-10-7-8-11-24(21)25(18-22)35-15-9-14-33-5/h7-8,10-11,17-18,23,27,32H,6,9,12-16,19-20H2,1-5H3. The second kappa shape index (κ2) is 13.4. The van der Waals surface area contributed by atoms with E-state index in [1.54, 1.807) is 7.11 Å². The summed E-state index contributed by atoms with van der Waals surface area (Å²) in [6.07, 6.45) is 0.361. The molecule has 3 rings (SSSR count). The first-order valence-corrected chi connectivity index (χ1v) is 12.9. The summed E-state index contributed by atoms with van der Waals surface area (Å²) < 4.78 is 22.9. The smallest absolute Gasteiger partial charge is 0.254 e. The number of methoxy groups -OCH3 is 1. The number of benzene rings is 2. The molecule has 2 aromatic carbocycles. The van der Waals surface area contributed by atoms with Crippen LogP contribution < -0.4 is 4.74 Å². The van der Waals surface area contributed by atoms with Gasteiger partial charge in [0.15, 0.2) is 0 Å². The van der Waals surface area contributed by atoms with Gasteiger partial charge in [0.1, 0.15) is 5.75 Å². The molecule has 0 radical (unpaired) electrons. The lowest BCUT2D eigenvalue weighted by atomic mass is 10.0. The molecular weight excluding hydrogens is 460 g/mol. The van der Waals surface area contributed by atoms with Crippen molar-refractivity contribution < 1.29 is 28.8 Å². The zero-order valence-electron chi connectivity index (χ0n) is 22.4. The van der Waals surface area contributed by atoms with Gasteiger partial charge in [-0.2, -0.15) is 0 Å². The van der Waals surface area contributed by atoms with Crippen molar-refractivity contribution in [1.29, 1.82) is 0 Å². The lowest BCUT2D eigenvalue weighted by Gasteiger charge is -2.39. The lowest BCUT2D eigenvalue weighted by molar-refractivity contribution is -0.255. The van der Waals surface area contributed by atoms with Gasteiger partial charge in [-0.15, -0.1) is 0 Å². The van der Waals surface area contributed by atoms with Crippen molar-refractivity contribution >= 4 is 16.7 Å². The first-order valence-electron chi connectivity index (χ1n) is 12.9. The van der Waals surface area contributed by atoms with Crippen LogP contribution in [0.25, 0.3) is 10.8 Å². The molecule has 8 heteroatoms. The summed E-state index contributed by atoms with van der Waals surface area (Å²) in [6.45, 7) is 11.5. The summed E-state index contributed by atoms with van der Waals surface area (Å²) >= 11 is 0. The lowest BCUT2D eigenvalue weighted by Crippen LogP contribution is -2.53. The Balaban J connectivity index is 1.75. The Hall–Kier alpha value is -2.23. The number of nitrogens with zero attached hydrogens (tertiary/aromatic N) is 2. The molecule has 2 atom stereocenters. The Morgan fingerprint density at radius 1 is 1.25 bits per heavy atom. The van der Waals surface area contributed by atoms with Crippen molar-refractivity contribution in [3.05, 3.63) is 42.0 Å². The second-order valence-corrected chi connectivity index (χ2v) is 10.2. The number of amides is 1. The molecule has 0 bridgehead atoms. The van der Waals surface area contributed by atoms with Crippen LogP contribution in [-0.4, -0.2) is 92.0 Å². The minimum Gasteiger partial charge on any atom is -0.493 e. The summed E-state index contributed by atoms with van der Waals surface area (Å²) in [5, 5.41) is 12.5. The van der Waals surface area contributed by atoms with E-state index in [0.717, 1.165) is 23.6 Å². The molecule has 36 heavy (non-hydrogen) atoms. The van der Waals surface area contributed by atoms with E-state index in [1.165, 1.54) is 0 Å². The number of carbonyl (C=O) groups is 1. The third-order valence-electron chi connectivity index (χ3n) is 5.97. The van der Waals surface area contributed by atoms with Crippen LogP contribution in [0.15, 0.2) is 36.4 Å². The predicted octanol–water partition coefficient (Wildman–Crippen LogP) is 3.90. The van der Waals surface area contributed by atoms with Crippen molar-refractivity contribution in [1.82, 2.24) is 9.80 Å². The predicted molar refractivity (Wildman–Crippen MR) is 140 cm³/mol. The number of fused-ring (bicyclic) bond motifs is 1. The number of rotatable bonds is 12. The molecule has 0 saturated carbocycles. The summed E-state index contributed by atoms with van der Waals surface area (Å²) in [5.74, 6) is 0.642. The second-order valence-electron chi connectivity index (χ2n) is 10.2. The molecule has 0 aromatic heterocycles. The molecular formula is C28H42N2O6. The number of hydrogen-bond donors (Lipinski definition) is 1. The van der Waals surface area contributed by atoms with E-state index in [-0.39, 0.29) is 12.0 Å². The maximum absolute atomic E-state index is 13.7. The minimum absolute atomic E-state index is 0.0587. The Bertz CT molecular complexity index is 976. The summed E-state index contributed by atoms with van der Waals surface area (Å²) in [4.78, 5) is 17.4. The topological polar surface area (TPSA) is 80.7 Å². The van der Waals surface area contributed by atoms with E-state index in [4.69, 9.17) is 18.9 Å². The Morgan fingerprint density at radius 2 is 2.03 bits per heavy atom. The number of aliphatic hydroxyl groups is 1. The fourth-order valence-corrected chi connectivity index (χ4v) is 4.32. The van der Waals surface area contributed by atoms with Gasteiger partial charge in [-0.25, -0.2) is 0 Å². The van der Waals surface area contributed by atoms with Crippen molar-refractivity contribution in [2.45, 2.75) is 58.7 Å². The molecule has 8 nitrogen and oxygen atoms in total. The van der Waals surface area contributed by atoms with E-state index in [1.807, 2.05) is 67.0 Å². The number of aliphatic hydroxyl groups excluding tert-OH is 1. The van der Waals surface area contributed by atoms with Crippen LogP contribution in [0.4, 0.5) is 0 Å². The fourth-order valence-electron chi connectivity index (χ4n) is 4.32. The Kier molecular flexibility index (Phi) is 10.5. The molecule has 2 unspecified atom stereocenters. The van der Waals surface area contributed by atoms with Gasteiger partial charge in [-0.1, -0.05) is 31.2 Å². The van der Waals surface area contributed by atoms with Crippen LogP contribution in [0, 0.1) is 0 Å². The normalized spacial score (nSPS) is 17.8. The highest BCUT2D eigenvalue weighted by Crippen LogP contribution is 2.29. The van der Waals surface area contributed by atoms with Gasteiger partial charge in [0.05, 0.1) is 24.9 Å². The quantitative estimate of drug-likeness (QED) is 0.348. The molecule has 0 aliphatic carbocycles. The first kappa shape index (κ1) is 28.3. The van der Waals surface area contributed by atoms with Gasteiger partial charge < -0.3 is 29.0 Å². The molecule has 1 saturated heterocycles. The third kappa shape index (κ3) is 8.15. The Morgan fingerprint density at radius 3 is 2.75 bits per heavy atom. The highest BCUT2D eigenvalue weighted by molar-refractivity contribution is 6.01. The maximum atomic E-state index is 13.7. The molecule has 1 N–H and O–H groups in total. The van der Waals surface area contributed by atoms with Crippen molar-refractivity contribution in [3.63, 3.8) is 0 Å². The van der Waals surface area contributed by atoms with Crippen LogP contribution in [0.1, 0.15) is 50.9 Å². The van der Waals surface area contributed by atoms with Crippen LogP contribution in [0.2, 0.25) is 0 Å². The van der Waals surface area contributed by atoms with E-state index < -0.39 is 12.0 Å². The largest absolute Gasteiger partial charge is 0.493 e.